The molecule has 0 spiro atoms. The summed E-state index contributed by atoms with van der Waals surface area (Å²) in [6, 6.07) is 0. The highest BCUT2D eigenvalue weighted by Gasteiger charge is 2.24. The summed E-state index contributed by atoms with van der Waals surface area (Å²) in [4.78, 5) is 0. The number of aliphatic hydroxyl groups excluding tert-OH is 1. The third-order valence-corrected chi connectivity index (χ3v) is 2.73. The van der Waals surface area contributed by atoms with Gasteiger partial charge in [-0.25, -0.2) is 0 Å². The molecule has 1 unspecified atom stereocenters. The molecule has 1 rings (SSSR count). The second kappa shape index (κ2) is 4.10. The van der Waals surface area contributed by atoms with Gasteiger partial charge in [0, 0.05) is 0 Å². The summed E-state index contributed by atoms with van der Waals surface area (Å²) in [7, 11) is 0. The summed E-state index contributed by atoms with van der Waals surface area (Å²) < 4.78 is 0. The van der Waals surface area contributed by atoms with Crippen LogP contribution in [0.4, 0.5) is 0 Å². The molecule has 0 radical (unpaired) electrons. The molecule has 0 bridgehead atoms. The van der Waals surface area contributed by atoms with Crippen LogP contribution in [-0.2, 0) is 0 Å². The molecule has 0 heterocycles. The van der Waals surface area contributed by atoms with Gasteiger partial charge < -0.3 is 5.11 Å². The average molecular weight is 156 g/mol. The van der Waals surface area contributed by atoms with E-state index in [2.05, 4.69) is 13.8 Å². The van der Waals surface area contributed by atoms with Crippen molar-refractivity contribution in [3.8, 4) is 0 Å². The first kappa shape index (κ1) is 9.05. The Hall–Kier alpha value is -0.0400. The first-order chi connectivity index (χ1) is 5.20. The predicted molar refractivity (Wildman–Crippen MR) is 47.4 cm³/mol. The first-order valence-corrected chi connectivity index (χ1v) is 4.88. The van der Waals surface area contributed by atoms with Gasteiger partial charge in [-0.05, 0) is 37.5 Å². The number of rotatable bonds is 4. The molecule has 1 saturated carbocycles. The van der Waals surface area contributed by atoms with Crippen molar-refractivity contribution in [2.45, 2.75) is 52.1 Å². The van der Waals surface area contributed by atoms with E-state index in [1.54, 1.807) is 0 Å². The fraction of sp³-hybridized carbons (Fsp3) is 1.00. The highest BCUT2D eigenvalue weighted by molar-refractivity contribution is 4.76. The number of aliphatic hydroxyl groups is 1. The van der Waals surface area contributed by atoms with E-state index >= 15 is 0 Å². The van der Waals surface area contributed by atoms with Gasteiger partial charge in [0.15, 0.2) is 0 Å². The molecular formula is C10H20O. The van der Waals surface area contributed by atoms with Crippen molar-refractivity contribution in [3.63, 3.8) is 0 Å². The maximum Gasteiger partial charge on any atom is 0.0568 e. The maximum atomic E-state index is 9.62. The van der Waals surface area contributed by atoms with E-state index in [0.717, 1.165) is 12.3 Å². The molecule has 1 nitrogen and oxygen atoms in total. The summed E-state index contributed by atoms with van der Waals surface area (Å²) in [5, 5.41) is 9.62. The Morgan fingerprint density at radius 2 is 1.91 bits per heavy atom. The van der Waals surface area contributed by atoms with Gasteiger partial charge in [0.05, 0.1) is 6.10 Å². The smallest absolute Gasteiger partial charge is 0.0568 e. The predicted octanol–water partition coefficient (Wildman–Crippen LogP) is 2.58. The SMILES string of the molecule is CC(C)CCC(O)C1CCC1. The number of hydrogen-bond acceptors (Lipinski definition) is 1. The first-order valence-electron chi connectivity index (χ1n) is 4.88. The van der Waals surface area contributed by atoms with Crippen LogP contribution in [0.3, 0.4) is 0 Å². The van der Waals surface area contributed by atoms with E-state index in [-0.39, 0.29) is 6.10 Å². The van der Waals surface area contributed by atoms with Crippen LogP contribution in [-0.4, -0.2) is 11.2 Å². The lowest BCUT2D eigenvalue weighted by Crippen LogP contribution is -2.26. The molecule has 1 N–H and O–H groups in total. The lowest BCUT2D eigenvalue weighted by Gasteiger charge is -2.30. The minimum Gasteiger partial charge on any atom is -0.393 e. The topological polar surface area (TPSA) is 20.2 Å². The fourth-order valence-electron chi connectivity index (χ4n) is 1.56. The van der Waals surface area contributed by atoms with Gasteiger partial charge in [-0.3, -0.25) is 0 Å². The lowest BCUT2D eigenvalue weighted by atomic mass is 9.79. The van der Waals surface area contributed by atoms with Crippen LogP contribution >= 0.6 is 0 Å². The van der Waals surface area contributed by atoms with Crippen LogP contribution in [0.1, 0.15) is 46.0 Å². The van der Waals surface area contributed by atoms with E-state index in [4.69, 9.17) is 0 Å². The summed E-state index contributed by atoms with van der Waals surface area (Å²) in [5.41, 5.74) is 0. The van der Waals surface area contributed by atoms with Crippen molar-refractivity contribution in [2.24, 2.45) is 11.8 Å². The molecule has 0 aliphatic heterocycles. The zero-order valence-corrected chi connectivity index (χ0v) is 7.71. The quantitative estimate of drug-likeness (QED) is 0.663. The minimum absolute atomic E-state index is 0.00569. The van der Waals surface area contributed by atoms with Crippen molar-refractivity contribution in [3.05, 3.63) is 0 Å². The molecule has 1 aliphatic rings. The summed E-state index contributed by atoms with van der Waals surface area (Å²) in [6.07, 6.45) is 6.06. The second-order valence-electron chi connectivity index (χ2n) is 4.23. The summed E-state index contributed by atoms with van der Waals surface area (Å²) >= 11 is 0. The largest absolute Gasteiger partial charge is 0.393 e. The zero-order valence-electron chi connectivity index (χ0n) is 7.71. The highest BCUT2D eigenvalue weighted by atomic mass is 16.3. The molecule has 0 amide bonds. The van der Waals surface area contributed by atoms with Crippen LogP contribution in [0, 0.1) is 11.8 Å². The average Bonchev–Trinajstić information content (AvgIpc) is 1.79. The van der Waals surface area contributed by atoms with E-state index in [1.807, 2.05) is 0 Å². The van der Waals surface area contributed by atoms with E-state index < -0.39 is 0 Å². The Labute approximate surface area is 69.8 Å². The Bertz CT molecular complexity index is 105. The van der Waals surface area contributed by atoms with Crippen molar-refractivity contribution in [1.29, 1.82) is 0 Å². The molecule has 1 fully saturated rings. The number of hydrogen-bond donors (Lipinski definition) is 1. The van der Waals surface area contributed by atoms with Gasteiger partial charge >= 0.3 is 0 Å². The van der Waals surface area contributed by atoms with Crippen LogP contribution in [0.2, 0.25) is 0 Å². The molecule has 1 heteroatoms. The van der Waals surface area contributed by atoms with Crippen LogP contribution in [0.15, 0.2) is 0 Å². The Morgan fingerprint density at radius 3 is 2.27 bits per heavy atom. The molecule has 1 atom stereocenters. The molecule has 0 aromatic heterocycles. The van der Waals surface area contributed by atoms with Crippen molar-refractivity contribution < 1.29 is 5.11 Å². The minimum atomic E-state index is 0.00569. The van der Waals surface area contributed by atoms with E-state index in [1.165, 1.54) is 25.7 Å². The Balaban J connectivity index is 2.05. The Kier molecular flexibility index (Phi) is 3.38. The monoisotopic (exact) mass is 156 g/mol. The van der Waals surface area contributed by atoms with Crippen LogP contribution in [0.25, 0.3) is 0 Å². The normalized spacial score (nSPS) is 21.8. The van der Waals surface area contributed by atoms with Crippen LogP contribution in [0.5, 0.6) is 0 Å². The van der Waals surface area contributed by atoms with E-state index in [0.29, 0.717) is 5.92 Å². The van der Waals surface area contributed by atoms with Gasteiger partial charge in [0.25, 0.3) is 0 Å². The molecule has 0 aromatic rings. The summed E-state index contributed by atoms with van der Waals surface area (Å²) in [6.45, 7) is 4.43. The van der Waals surface area contributed by atoms with Crippen molar-refractivity contribution in [1.82, 2.24) is 0 Å². The van der Waals surface area contributed by atoms with Crippen LogP contribution < -0.4 is 0 Å². The van der Waals surface area contributed by atoms with Gasteiger partial charge in [-0.1, -0.05) is 20.3 Å². The van der Waals surface area contributed by atoms with E-state index in [9.17, 15) is 5.11 Å². The molecular weight excluding hydrogens is 136 g/mol. The molecule has 0 aromatic carbocycles. The highest BCUT2D eigenvalue weighted by Crippen LogP contribution is 2.31. The van der Waals surface area contributed by atoms with Gasteiger partial charge in [-0.15, -0.1) is 0 Å². The second-order valence-corrected chi connectivity index (χ2v) is 4.23. The third kappa shape index (κ3) is 2.82. The third-order valence-electron chi connectivity index (χ3n) is 2.73. The lowest BCUT2D eigenvalue weighted by molar-refractivity contribution is 0.0515. The molecule has 66 valence electrons. The molecule has 1 aliphatic carbocycles. The van der Waals surface area contributed by atoms with Gasteiger partial charge in [0.1, 0.15) is 0 Å². The van der Waals surface area contributed by atoms with Gasteiger partial charge in [-0.2, -0.15) is 0 Å². The standard InChI is InChI=1S/C10H20O/c1-8(2)6-7-10(11)9-4-3-5-9/h8-11H,3-7H2,1-2H3. The molecule has 11 heavy (non-hydrogen) atoms. The van der Waals surface area contributed by atoms with Crippen molar-refractivity contribution in [2.75, 3.05) is 0 Å². The Morgan fingerprint density at radius 1 is 1.27 bits per heavy atom. The van der Waals surface area contributed by atoms with Crippen molar-refractivity contribution >= 4 is 0 Å². The molecule has 0 saturated heterocycles. The maximum absolute atomic E-state index is 9.62. The summed E-state index contributed by atoms with van der Waals surface area (Å²) in [5.74, 6) is 1.39. The zero-order chi connectivity index (χ0) is 8.27. The van der Waals surface area contributed by atoms with Gasteiger partial charge in [0.2, 0.25) is 0 Å². The fourth-order valence-corrected chi connectivity index (χ4v) is 1.56.